The van der Waals surface area contributed by atoms with E-state index < -0.39 is 0 Å². The van der Waals surface area contributed by atoms with Crippen molar-refractivity contribution in [3.63, 3.8) is 0 Å². The maximum atomic E-state index is 13.8. The Morgan fingerprint density at radius 2 is 2.04 bits per heavy atom. The van der Waals surface area contributed by atoms with Crippen LogP contribution >= 0.6 is 0 Å². The van der Waals surface area contributed by atoms with Gasteiger partial charge in [0.05, 0.1) is 23.4 Å². The molecule has 5 nitrogen and oxygen atoms in total. The van der Waals surface area contributed by atoms with Crippen molar-refractivity contribution in [2.75, 3.05) is 0 Å². The minimum atomic E-state index is -0.295. The number of hydrogen-bond acceptors (Lipinski definition) is 3. The first-order chi connectivity index (χ1) is 12.7. The first kappa shape index (κ1) is 16.2. The molecule has 1 atom stereocenters. The van der Waals surface area contributed by atoms with Gasteiger partial charge < -0.3 is 9.55 Å². The predicted molar refractivity (Wildman–Crippen MR) is 97.6 cm³/mol. The smallest absolute Gasteiger partial charge is 0.270 e. The molecule has 26 heavy (non-hydrogen) atoms. The highest BCUT2D eigenvalue weighted by Crippen LogP contribution is 2.28. The fraction of sp³-hybridized carbons (Fsp3) is 0.150. The van der Waals surface area contributed by atoms with Crippen LogP contribution in [0.3, 0.4) is 0 Å². The molecule has 4 rings (SSSR count). The van der Waals surface area contributed by atoms with Gasteiger partial charge in [-0.05, 0) is 41.8 Å². The van der Waals surface area contributed by atoms with Gasteiger partial charge in [0, 0.05) is 12.4 Å². The molecule has 0 aliphatic carbocycles. The Kier molecular flexibility index (Phi) is 4.08. The second-order valence-corrected chi connectivity index (χ2v) is 6.11. The lowest BCUT2D eigenvalue weighted by atomic mass is 9.98. The number of benzene rings is 2. The van der Waals surface area contributed by atoms with Crippen LogP contribution in [0.1, 0.15) is 29.8 Å². The summed E-state index contributed by atoms with van der Waals surface area (Å²) in [6.07, 6.45) is 5.79. The third-order valence-electron chi connectivity index (χ3n) is 4.42. The molecule has 0 fully saturated rings. The van der Waals surface area contributed by atoms with Gasteiger partial charge in [0.15, 0.2) is 0 Å². The van der Waals surface area contributed by atoms with Crippen LogP contribution in [0.15, 0.2) is 66.0 Å². The second kappa shape index (κ2) is 6.55. The molecule has 0 radical (unpaired) electrons. The third kappa shape index (κ3) is 2.90. The molecule has 6 heteroatoms. The van der Waals surface area contributed by atoms with E-state index in [1.165, 1.54) is 12.1 Å². The highest BCUT2D eigenvalue weighted by molar-refractivity contribution is 5.75. The van der Waals surface area contributed by atoms with E-state index in [9.17, 15) is 9.18 Å². The zero-order chi connectivity index (χ0) is 18.1. The van der Waals surface area contributed by atoms with E-state index in [0.717, 1.165) is 16.6 Å². The summed E-state index contributed by atoms with van der Waals surface area (Å²) in [4.78, 5) is 23.5. The summed E-state index contributed by atoms with van der Waals surface area (Å²) in [5.41, 5.74) is 3.43. The molecule has 1 unspecified atom stereocenters. The standard InChI is InChI=1S/C20H17FN4O/c1-2-16-20(26)24-18-11-14(6-7-17(18)23-16)19(25-9-8-22-12-25)13-4-3-5-15(21)10-13/h3-12,19H,2H2,1H3,(H,24,26). The molecule has 1 N–H and O–H groups in total. The lowest BCUT2D eigenvalue weighted by molar-refractivity contribution is 0.615. The largest absolute Gasteiger partial charge is 0.326 e. The van der Waals surface area contributed by atoms with Crippen molar-refractivity contribution in [1.29, 1.82) is 0 Å². The fourth-order valence-corrected chi connectivity index (χ4v) is 3.19. The number of hydrogen-bond donors (Lipinski definition) is 1. The van der Waals surface area contributed by atoms with E-state index in [1.807, 2.05) is 42.0 Å². The van der Waals surface area contributed by atoms with E-state index in [4.69, 9.17) is 0 Å². The van der Waals surface area contributed by atoms with Crippen LogP contribution in [-0.2, 0) is 6.42 Å². The van der Waals surface area contributed by atoms with Crippen molar-refractivity contribution < 1.29 is 4.39 Å². The predicted octanol–water partition coefficient (Wildman–Crippen LogP) is 3.46. The number of nitrogens with one attached hydrogen (secondary N) is 1. The van der Waals surface area contributed by atoms with Crippen molar-refractivity contribution in [3.05, 3.63) is 94.2 Å². The number of H-pyrrole nitrogens is 1. The topological polar surface area (TPSA) is 63.6 Å². The van der Waals surface area contributed by atoms with Gasteiger partial charge in [-0.15, -0.1) is 0 Å². The molecule has 0 spiro atoms. The van der Waals surface area contributed by atoms with E-state index in [-0.39, 0.29) is 17.4 Å². The number of fused-ring (bicyclic) bond motifs is 1. The molecule has 0 aliphatic heterocycles. The van der Waals surface area contributed by atoms with E-state index in [2.05, 4.69) is 15.0 Å². The average Bonchev–Trinajstić information content (AvgIpc) is 3.15. The monoisotopic (exact) mass is 348 g/mol. The fourth-order valence-electron chi connectivity index (χ4n) is 3.19. The maximum Gasteiger partial charge on any atom is 0.270 e. The minimum Gasteiger partial charge on any atom is -0.326 e. The molecule has 0 saturated carbocycles. The van der Waals surface area contributed by atoms with Crippen molar-refractivity contribution in [2.45, 2.75) is 19.4 Å². The molecular formula is C20H17FN4O. The van der Waals surface area contributed by atoms with Gasteiger partial charge in [-0.1, -0.05) is 25.1 Å². The van der Waals surface area contributed by atoms with Crippen molar-refractivity contribution in [1.82, 2.24) is 19.5 Å². The molecule has 2 aromatic heterocycles. The van der Waals surface area contributed by atoms with Gasteiger partial charge in [0.1, 0.15) is 11.5 Å². The number of aromatic nitrogens is 4. The summed E-state index contributed by atoms with van der Waals surface area (Å²) < 4.78 is 15.7. The first-order valence-electron chi connectivity index (χ1n) is 8.41. The molecule has 2 aromatic carbocycles. The summed E-state index contributed by atoms with van der Waals surface area (Å²) in [5, 5.41) is 0. The van der Waals surface area contributed by atoms with Crippen LogP contribution in [0.2, 0.25) is 0 Å². The molecule has 0 aliphatic rings. The molecular weight excluding hydrogens is 331 g/mol. The summed E-state index contributed by atoms with van der Waals surface area (Å²) in [6, 6.07) is 11.9. The zero-order valence-corrected chi connectivity index (χ0v) is 14.2. The Balaban J connectivity index is 1.90. The number of aromatic amines is 1. The maximum absolute atomic E-state index is 13.8. The van der Waals surface area contributed by atoms with Gasteiger partial charge >= 0.3 is 0 Å². The Morgan fingerprint density at radius 1 is 1.19 bits per heavy atom. The molecule has 4 aromatic rings. The van der Waals surface area contributed by atoms with Crippen LogP contribution in [0.4, 0.5) is 4.39 Å². The number of imidazole rings is 1. The third-order valence-corrected chi connectivity index (χ3v) is 4.42. The quantitative estimate of drug-likeness (QED) is 0.614. The zero-order valence-electron chi connectivity index (χ0n) is 14.2. The summed E-state index contributed by atoms with van der Waals surface area (Å²) in [7, 11) is 0. The van der Waals surface area contributed by atoms with E-state index in [1.54, 1.807) is 18.6 Å². The lowest BCUT2D eigenvalue weighted by Crippen LogP contribution is -2.15. The molecule has 0 bridgehead atoms. The number of rotatable bonds is 4. The van der Waals surface area contributed by atoms with Crippen LogP contribution in [-0.4, -0.2) is 19.5 Å². The summed E-state index contributed by atoms with van der Waals surface area (Å²) in [6.45, 7) is 1.90. The average molecular weight is 348 g/mol. The summed E-state index contributed by atoms with van der Waals surface area (Å²) >= 11 is 0. The number of halogens is 1. The second-order valence-electron chi connectivity index (χ2n) is 6.11. The minimum absolute atomic E-state index is 0.179. The van der Waals surface area contributed by atoms with Crippen molar-refractivity contribution in [2.24, 2.45) is 0 Å². The van der Waals surface area contributed by atoms with Crippen LogP contribution in [0, 0.1) is 5.82 Å². The van der Waals surface area contributed by atoms with Crippen LogP contribution in [0.5, 0.6) is 0 Å². The van der Waals surface area contributed by atoms with Crippen molar-refractivity contribution >= 4 is 11.0 Å². The van der Waals surface area contributed by atoms with Gasteiger partial charge in [0.25, 0.3) is 5.56 Å². The number of aryl methyl sites for hydroxylation is 1. The Labute approximate surface area is 149 Å². The highest BCUT2D eigenvalue weighted by Gasteiger charge is 2.17. The van der Waals surface area contributed by atoms with Gasteiger partial charge in [-0.2, -0.15) is 0 Å². The first-order valence-corrected chi connectivity index (χ1v) is 8.41. The SMILES string of the molecule is CCc1nc2ccc(C(c3cccc(F)c3)n3ccnc3)cc2[nH]c1=O. The van der Waals surface area contributed by atoms with E-state index in [0.29, 0.717) is 17.6 Å². The Bertz CT molecular complexity index is 1120. The van der Waals surface area contributed by atoms with Gasteiger partial charge in [0.2, 0.25) is 0 Å². The summed E-state index contributed by atoms with van der Waals surface area (Å²) in [5.74, 6) is -0.295. The molecule has 0 amide bonds. The highest BCUT2D eigenvalue weighted by atomic mass is 19.1. The normalized spacial score (nSPS) is 12.4. The van der Waals surface area contributed by atoms with Gasteiger partial charge in [-0.25, -0.2) is 14.4 Å². The van der Waals surface area contributed by atoms with Gasteiger partial charge in [-0.3, -0.25) is 4.79 Å². The lowest BCUT2D eigenvalue weighted by Gasteiger charge is -2.20. The Hall–Kier alpha value is -3.28. The van der Waals surface area contributed by atoms with Crippen LogP contribution in [0.25, 0.3) is 11.0 Å². The van der Waals surface area contributed by atoms with Crippen LogP contribution < -0.4 is 5.56 Å². The molecule has 0 saturated heterocycles. The molecule has 2 heterocycles. The Morgan fingerprint density at radius 3 is 2.77 bits per heavy atom. The van der Waals surface area contributed by atoms with Crippen molar-refractivity contribution in [3.8, 4) is 0 Å². The molecule has 130 valence electrons. The number of nitrogens with zero attached hydrogens (tertiary/aromatic N) is 3. The van der Waals surface area contributed by atoms with E-state index >= 15 is 0 Å².